The van der Waals surface area contributed by atoms with E-state index in [9.17, 15) is 18.0 Å². The third-order valence-electron chi connectivity index (χ3n) is 5.88. The molecule has 0 spiro atoms. The number of amides is 1. The smallest absolute Gasteiger partial charge is 0.265 e. The van der Waals surface area contributed by atoms with Gasteiger partial charge in [0.1, 0.15) is 4.90 Å². The third-order valence-corrected chi connectivity index (χ3v) is 7.37. The number of aromatic nitrogens is 1. The van der Waals surface area contributed by atoms with Crippen LogP contribution in [-0.2, 0) is 20.2 Å². The van der Waals surface area contributed by atoms with Crippen LogP contribution in [0.25, 0.3) is 0 Å². The SMILES string of the molecule is Cc1[nH]c(=O)ccc1S(=O)(=O)NC(=O)[C@@H]1[C@@H]2CC[C@@]1(c1ccccc1)C2. The van der Waals surface area contributed by atoms with Crippen molar-refractivity contribution in [2.45, 2.75) is 36.5 Å². The van der Waals surface area contributed by atoms with Crippen molar-refractivity contribution in [1.29, 1.82) is 0 Å². The lowest BCUT2D eigenvalue weighted by Gasteiger charge is -2.46. The summed E-state index contributed by atoms with van der Waals surface area (Å²) in [6.07, 6.45) is 2.76. The van der Waals surface area contributed by atoms with Crippen LogP contribution in [0.4, 0.5) is 0 Å². The number of benzene rings is 1. The molecule has 2 bridgehead atoms. The molecule has 3 aliphatic rings. The van der Waals surface area contributed by atoms with Gasteiger partial charge in [0.05, 0.1) is 5.92 Å². The molecule has 5 rings (SSSR count). The topological polar surface area (TPSA) is 96.1 Å². The molecule has 2 aromatic rings. The molecule has 7 heteroatoms. The van der Waals surface area contributed by atoms with E-state index in [1.807, 2.05) is 30.3 Å². The van der Waals surface area contributed by atoms with Crippen LogP contribution in [0.15, 0.2) is 52.2 Å². The van der Waals surface area contributed by atoms with Gasteiger partial charge < -0.3 is 4.98 Å². The van der Waals surface area contributed by atoms with Crippen molar-refractivity contribution in [1.82, 2.24) is 9.71 Å². The van der Waals surface area contributed by atoms with E-state index in [0.717, 1.165) is 30.9 Å². The van der Waals surface area contributed by atoms with E-state index in [4.69, 9.17) is 0 Å². The average molecular weight is 372 g/mol. The molecule has 0 aliphatic heterocycles. The van der Waals surface area contributed by atoms with Crippen LogP contribution in [0.2, 0.25) is 0 Å². The summed E-state index contributed by atoms with van der Waals surface area (Å²) < 4.78 is 27.5. The van der Waals surface area contributed by atoms with Gasteiger partial charge in [0, 0.05) is 17.2 Å². The van der Waals surface area contributed by atoms with E-state index >= 15 is 0 Å². The molecule has 0 saturated heterocycles. The van der Waals surface area contributed by atoms with Crippen molar-refractivity contribution in [3.05, 3.63) is 64.1 Å². The Kier molecular flexibility index (Phi) is 3.80. The number of carbonyl (C=O) groups is 1. The maximum atomic E-state index is 12.9. The number of aromatic amines is 1. The van der Waals surface area contributed by atoms with Crippen LogP contribution < -0.4 is 10.3 Å². The summed E-state index contributed by atoms with van der Waals surface area (Å²) in [4.78, 5) is 26.6. The lowest BCUT2D eigenvalue weighted by molar-refractivity contribution is -0.130. The Bertz CT molecular complexity index is 1030. The molecule has 3 atom stereocenters. The van der Waals surface area contributed by atoms with Gasteiger partial charge in [-0.1, -0.05) is 30.3 Å². The minimum Gasteiger partial charge on any atom is -0.325 e. The first-order chi connectivity index (χ1) is 12.3. The van der Waals surface area contributed by atoms with Gasteiger partial charge >= 0.3 is 0 Å². The highest BCUT2D eigenvalue weighted by Gasteiger charge is 2.62. The van der Waals surface area contributed by atoms with E-state index in [2.05, 4.69) is 9.71 Å². The number of nitrogens with one attached hydrogen (secondary N) is 2. The van der Waals surface area contributed by atoms with Crippen molar-refractivity contribution in [3.8, 4) is 0 Å². The highest BCUT2D eigenvalue weighted by molar-refractivity contribution is 7.90. The molecule has 0 radical (unpaired) electrons. The van der Waals surface area contributed by atoms with Crippen LogP contribution in [0.5, 0.6) is 0 Å². The van der Waals surface area contributed by atoms with Crippen LogP contribution in [0.1, 0.15) is 30.5 Å². The Balaban J connectivity index is 1.62. The summed E-state index contributed by atoms with van der Waals surface area (Å²) in [6.45, 7) is 1.50. The Morgan fingerprint density at radius 1 is 1.19 bits per heavy atom. The minimum atomic E-state index is -4.03. The van der Waals surface area contributed by atoms with Crippen molar-refractivity contribution in [3.63, 3.8) is 0 Å². The zero-order chi connectivity index (χ0) is 18.5. The number of rotatable bonds is 4. The quantitative estimate of drug-likeness (QED) is 0.856. The zero-order valence-corrected chi connectivity index (χ0v) is 15.2. The fraction of sp³-hybridized carbons (Fsp3) is 0.368. The van der Waals surface area contributed by atoms with E-state index in [1.165, 1.54) is 13.0 Å². The predicted octanol–water partition coefficient (Wildman–Crippen LogP) is 1.86. The number of aryl methyl sites for hydroxylation is 1. The Morgan fingerprint density at radius 3 is 2.58 bits per heavy atom. The van der Waals surface area contributed by atoms with Gasteiger partial charge in [0.25, 0.3) is 10.0 Å². The van der Waals surface area contributed by atoms with E-state index in [1.54, 1.807) is 0 Å². The molecule has 6 nitrogen and oxygen atoms in total. The Morgan fingerprint density at radius 2 is 1.92 bits per heavy atom. The second kappa shape index (κ2) is 5.81. The summed E-state index contributed by atoms with van der Waals surface area (Å²) in [6, 6.07) is 12.2. The Hall–Kier alpha value is -2.41. The highest BCUT2D eigenvalue weighted by atomic mass is 32.2. The van der Waals surface area contributed by atoms with Gasteiger partial charge in [-0.3, -0.25) is 9.59 Å². The first-order valence-electron chi connectivity index (χ1n) is 8.66. The zero-order valence-electron chi connectivity index (χ0n) is 14.4. The Labute approximate surface area is 151 Å². The molecule has 3 saturated carbocycles. The van der Waals surface area contributed by atoms with Gasteiger partial charge in [-0.05, 0) is 43.7 Å². The molecule has 0 unspecified atom stereocenters. The highest BCUT2D eigenvalue weighted by Crippen LogP contribution is 2.64. The van der Waals surface area contributed by atoms with Crippen LogP contribution in [0, 0.1) is 18.8 Å². The number of H-pyrrole nitrogens is 1. The summed E-state index contributed by atoms with van der Waals surface area (Å²) in [5, 5.41) is 0. The predicted molar refractivity (Wildman–Crippen MR) is 96.1 cm³/mol. The van der Waals surface area contributed by atoms with Crippen LogP contribution >= 0.6 is 0 Å². The van der Waals surface area contributed by atoms with E-state index in [-0.39, 0.29) is 33.4 Å². The standard InChI is InChI=1S/C19H20N2O4S/c1-12-15(7-8-16(22)20-12)26(24,25)21-18(23)17-13-9-10-19(17,11-13)14-5-3-2-4-6-14/h2-8,13,17H,9-11H2,1H3,(H,20,22)(H,21,23)/t13-,17+,19+/m1/s1. The summed E-state index contributed by atoms with van der Waals surface area (Å²) in [7, 11) is -4.03. The van der Waals surface area contributed by atoms with Gasteiger partial charge in [-0.15, -0.1) is 0 Å². The van der Waals surface area contributed by atoms with Crippen molar-refractivity contribution in [2.24, 2.45) is 11.8 Å². The molecular weight excluding hydrogens is 352 g/mol. The van der Waals surface area contributed by atoms with Crippen molar-refractivity contribution < 1.29 is 13.2 Å². The number of pyridine rings is 1. The number of hydrogen-bond donors (Lipinski definition) is 2. The largest absolute Gasteiger partial charge is 0.325 e. The van der Waals surface area contributed by atoms with Gasteiger partial charge in [-0.25, -0.2) is 13.1 Å². The molecule has 3 fully saturated rings. The fourth-order valence-corrected chi connectivity index (χ4v) is 5.96. The molecule has 1 aromatic heterocycles. The number of hydrogen-bond acceptors (Lipinski definition) is 4. The first kappa shape index (κ1) is 17.0. The monoisotopic (exact) mass is 372 g/mol. The lowest BCUT2D eigenvalue weighted by atomic mass is 9.57. The number of carbonyl (C=O) groups excluding carboxylic acids is 1. The summed E-state index contributed by atoms with van der Waals surface area (Å²) in [5.74, 6) is -0.557. The number of fused-ring (bicyclic) bond motifs is 1. The normalized spacial score (nSPS) is 27.0. The maximum absolute atomic E-state index is 12.9. The third kappa shape index (κ3) is 2.49. The van der Waals surface area contributed by atoms with Crippen molar-refractivity contribution in [2.75, 3.05) is 0 Å². The second-order valence-electron chi connectivity index (χ2n) is 7.28. The first-order valence-corrected chi connectivity index (χ1v) is 10.1. The molecule has 1 heterocycles. The van der Waals surface area contributed by atoms with Gasteiger partial charge in [-0.2, -0.15) is 0 Å². The summed E-state index contributed by atoms with van der Waals surface area (Å²) in [5.41, 5.74) is 0.678. The van der Waals surface area contributed by atoms with E-state index in [0.29, 0.717) is 0 Å². The average Bonchev–Trinajstić information content (AvgIpc) is 3.15. The molecule has 136 valence electrons. The lowest BCUT2D eigenvalue weighted by Crippen LogP contribution is -2.53. The maximum Gasteiger partial charge on any atom is 0.265 e. The number of sulfonamides is 1. The van der Waals surface area contributed by atoms with E-state index < -0.39 is 15.9 Å². The molecule has 26 heavy (non-hydrogen) atoms. The van der Waals surface area contributed by atoms with Gasteiger partial charge in [0.2, 0.25) is 11.5 Å². The second-order valence-corrected chi connectivity index (χ2v) is 8.94. The summed E-state index contributed by atoms with van der Waals surface area (Å²) >= 11 is 0. The van der Waals surface area contributed by atoms with Crippen molar-refractivity contribution >= 4 is 15.9 Å². The minimum absolute atomic E-state index is 0.0779. The molecular formula is C19H20N2O4S. The van der Waals surface area contributed by atoms with Crippen LogP contribution in [-0.4, -0.2) is 19.3 Å². The molecule has 1 amide bonds. The molecule has 3 aliphatic carbocycles. The van der Waals surface area contributed by atoms with Gasteiger partial charge in [0.15, 0.2) is 0 Å². The molecule has 2 N–H and O–H groups in total. The molecule has 1 aromatic carbocycles. The van der Waals surface area contributed by atoms with Crippen LogP contribution in [0.3, 0.4) is 0 Å². The fourth-order valence-electron chi connectivity index (χ4n) is 4.76.